The summed E-state index contributed by atoms with van der Waals surface area (Å²) in [5.74, 6) is 0.679. The molecule has 128 valence electrons. The summed E-state index contributed by atoms with van der Waals surface area (Å²) in [5, 5.41) is 2.16. The summed E-state index contributed by atoms with van der Waals surface area (Å²) >= 11 is 1.85. The fourth-order valence-electron chi connectivity index (χ4n) is 4.34. The van der Waals surface area contributed by atoms with E-state index in [4.69, 9.17) is 9.47 Å². The van der Waals surface area contributed by atoms with E-state index in [1.807, 2.05) is 11.3 Å². The van der Waals surface area contributed by atoms with Gasteiger partial charge in [-0.3, -0.25) is 4.90 Å². The molecule has 0 N–H and O–H groups in total. The number of thiophene rings is 1. The molecule has 0 saturated carbocycles. The normalized spacial score (nSPS) is 33.5. The highest BCUT2D eigenvalue weighted by Gasteiger charge is 2.43. The minimum atomic E-state index is -0.0713. The molecule has 4 nitrogen and oxygen atoms in total. The molecule has 1 aromatic rings. The van der Waals surface area contributed by atoms with E-state index in [0.29, 0.717) is 5.92 Å². The molecular weight excluding hydrogens is 308 g/mol. The van der Waals surface area contributed by atoms with E-state index in [9.17, 15) is 0 Å². The zero-order valence-corrected chi connectivity index (χ0v) is 14.7. The third-order valence-corrected chi connectivity index (χ3v) is 6.25. The third kappa shape index (κ3) is 3.97. The van der Waals surface area contributed by atoms with E-state index in [0.717, 1.165) is 45.9 Å². The molecular formula is C18H28N2O2S. The van der Waals surface area contributed by atoms with Crippen LogP contribution in [0.1, 0.15) is 24.1 Å². The highest BCUT2D eigenvalue weighted by molar-refractivity contribution is 7.09. The SMILES string of the molecule is c1csc(CN2CCOC[C@]3(C[C@@H](CN4CCCC4)CO3)C2)c1. The van der Waals surface area contributed by atoms with Gasteiger partial charge in [-0.1, -0.05) is 6.07 Å². The zero-order chi connectivity index (χ0) is 15.5. The van der Waals surface area contributed by atoms with Crippen molar-refractivity contribution in [3.05, 3.63) is 22.4 Å². The second kappa shape index (κ2) is 7.19. The van der Waals surface area contributed by atoms with E-state index >= 15 is 0 Å². The van der Waals surface area contributed by atoms with Gasteiger partial charge in [0.05, 0.1) is 19.8 Å². The summed E-state index contributed by atoms with van der Waals surface area (Å²) in [5.41, 5.74) is -0.0713. The molecule has 3 saturated heterocycles. The lowest BCUT2D eigenvalue weighted by Crippen LogP contribution is -2.44. The average molecular weight is 337 g/mol. The van der Waals surface area contributed by atoms with Gasteiger partial charge in [-0.25, -0.2) is 0 Å². The van der Waals surface area contributed by atoms with Gasteiger partial charge in [-0.05, 0) is 49.7 Å². The molecule has 1 aromatic heterocycles. The Morgan fingerprint density at radius 2 is 2.13 bits per heavy atom. The maximum Gasteiger partial charge on any atom is 0.104 e. The Labute approximate surface area is 143 Å². The van der Waals surface area contributed by atoms with Gasteiger partial charge in [0.1, 0.15) is 5.60 Å². The summed E-state index contributed by atoms with van der Waals surface area (Å²) in [4.78, 5) is 6.58. The predicted molar refractivity (Wildman–Crippen MR) is 92.9 cm³/mol. The average Bonchev–Trinajstić information content (AvgIpc) is 3.25. The second-order valence-electron chi connectivity index (χ2n) is 7.41. The quantitative estimate of drug-likeness (QED) is 0.843. The predicted octanol–water partition coefficient (Wildman–Crippen LogP) is 2.45. The summed E-state index contributed by atoms with van der Waals surface area (Å²) in [7, 11) is 0. The zero-order valence-electron chi connectivity index (χ0n) is 13.9. The van der Waals surface area contributed by atoms with Gasteiger partial charge < -0.3 is 14.4 Å². The molecule has 0 radical (unpaired) electrons. The van der Waals surface area contributed by atoms with E-state index in [2.05, 4.69) is 27.3 Å². The molecule has 5 heteroatoms. The molecule has 2 atom stereocenters. The summed E-state index contributed by atoms with van der Waals surface area (Å²) in [6.07, 6.45) is 3.90. The molecule has 23 heavy (non-hydrogen) atoms. The number of ether oxygens (including phenoxy) is 2. The smallest absolute Gasteiger partial charge is 0.104 e. The minimum Gasteiger partial charge on any atom is -0.377 e. The van der Waals surface area contributed by atoms with Gasteiger partial charge in [-0.2, -0.15) is 0 Å². The molecule has 1 spiro atoms. The fraction of sp³-hybridized carbons (Fsp3) is 0.778. The van der Waals surface area contributed by atoms with Crippen LogP contribution < -0.4 is 0 Å². The summed E-state index contributed by atoms with van der Waals surface area (Å²) < 4.78 is 12.3. The van der Waals surface area contributed by atoms with Crippen molar-refractivity contribution < 1.29 is 9.47 Å². The number of hydrogen-bond donors (Lipinski definition) is 0. The number of rotatable bonds is 4. The van der Waals surface area contributed by atoms with Gasteiger partial charge in [0.25, 0.3) is 0 Å². The Hall–Kier alpha value is -0.460. The molecule has 4 rings (SSSR count). The maximum atomic E-state index is 6.34. The maximum absolute atomic E-state index is 6.34. The molecule has 3 aliphatic rings. The van der Waals surface area contributed by atoms with Gasteiger partial charge in [0.2, 0.25) is 0 Å². The standard InChI is InChI=1S/C18H28N2O2S/c1-2-6-19(5-1)11-16-10-18(22-13-16)14-20(7-8-21-15-18)12-17-4-3-9-23-17/h3-4,9,16H,1-2,5-8,10-15H2/t16-,18-/m0/s1. The van der Waals surface area contributed by atoms with Crippen LogP contribution in [0.15, 0.2) is 17.5 Å². The van der Waals surface area contributed by atoms with E-state index in [-0.39, 0.29) is 5.60 Å². The van der Waals surface area contributed by atoms with E-state index < -0.39 is 0 Å². The fourth-order valence-corrected chi connectivity index (χ4v) is 5.09. The van der Waals surface area contributed by atoms with Crippen LogP contribution in [0.5, 0.6) is 0 Å². The van der Waals surface area contributed by atoms with E-state index in [1.165, 1.54) is 37.4 Å². The Morgan fingerprint density at radius 3 is 2.96 bits per heavy atom. The van der Waals surface area contributed by atoms with Gasteiger partial charge in [-0.15, -0.1) is 11.3 Å². The van der Waals surface area contributed by atoms with Crippen molar-refractivity contribution in [1.82, 2.24) is 9.80 Å². The first-order valence-corrected chi connectivity index (χ1v) is 9.88. The van der Waals surface area contributed by atoms with Gasteiger partial charge in [0.15, 0.2) is 0 Å². The monoisotopic (exact) mass is 336 g/mol. The lowest BCUT2D eigenvalue weighted by Gasteiger charge is -2.31. The van der Waals surface area contributed by atoms with Crippen molar-refractivity contribution >= 4 is 11.3 Å². The van der Waals surface area contributed by atoms with Crippen LogP contribution >= 0.6 is 11.3 Å². The van der Waals surface area contributed by atoms with Crippen molar-refractivity contribution in [2.45, 2.75) is 31.4 Å². The molecule has 0 amide bonds. The van der Waals surface area contributed by atoms with Crippen molar-refractivity contribution in [2.75, 3.05) is 52.5 Å². The first-order chi connectivity index (χ1) is 11.3. The summed E-state index contributed by atoms with van der Waals surface area (Å²) in [6, 6.07) is 4.37. The van der Waals surface area contributed by atoms with Crippen molar-refractivity contribution in [3.8, 4) is 0 Å². The molecule has 0 bridgehead atoms. The lowest BCUT2D eigenvalue weighted by molar-refractivity contribution is -0.0562. The summed E-state index contributed by atoms with van der Waals surface area (Å²) in [6.45, 7) is 9.34. The Bertz CT molecular complexity index is 489. The molecule has 0 aromatic carbocycles. The van der Waals surface area contributed by atoms with Gasteiger partial charge >= 0.3 is 0 Å². The topological polar surface area (TPSA) is 24.9 Å². The third-order valence-electron chi connectivity index (χ3n) is 5.39. The van der Waals surface area contributed by atoms with Gasteiger partial charge in [0, 0.05) is 31.1 Å². The highest BCUT2D eigenvalue weighted by Crippen LogP contribution is 2.34. The highest BCUT2D eigenvalue weighted by atomic mass is 32.1. The minimum absolute atomic E-state index is 0.0713. The van der Waals surface area contributed by atoms with Crippen LogP contribution in [-0.4, -0.2) is 67.9 Å². The molecule has 3 fully saturated rings. The second-order valence-corrected chi connectivity index (χ2v) is 8.45. The molecule has 0 aliphatic carbocycles. The molecule has 4 heterocycles. The van der Waals surface area contributed by atoms with Crippen molar-refractivity contribution in [1.29, 1.82) is 0 Å². The molecule has 0 unspecified atom stereocenters. The number of likely N-dealkylation sites (tertiary alicyclic amines) is 1. The first kappa shape index (κ1) is 16.0. The Balaban J connectivity index is 1.36. The van der Waals surface area contributed by atoms with Crippen LogP contribution in [-0.2, 0) is 16.0 Å². The van der Waals surface area contributed by atoms with Crippen LogP contribution in [0.4, 0.5) is 0 Å². The van der Waals surface area contributed by atoms with Crippen molar-refractivity contribution in [3.63, 3.8) is 0 Å². The van der Waals surface area contributed by atoms with Crippen LogP contribution in [0.3, 0.4) is 0 Å². The number of hydrogen-bond acceptors (Lipinski definition) is 5. The van der Waals surface area contributed by atoms with E-state index in [1.54, 1.807) is 0 Å². The van der Waals surface area contributed by atoms with Crippen LogP contribution in [0.25, 0.3) is 0 Å². The van der Waals surface area contributed by atoms with Crippen LogP contribution in [0.2, 0.25) is 0 Å². The lowest BCUT2D eigenvalue weighted by atomic mass is 9.94. The molecule has 3 aliphatic heterocycles. The Kier molecular flexibility index (Phi) is 5.02. The largest absolute Gasteiger partial charge is 0.377 e. The van der Waals surface area contributed by atoms with Crippen LogP contribution in [0, 0.1) is 5.92 Å². The number of nitrogens with zero attached hydrogens (tertiary/aromatic N) is 2. The first-order valence-electron chi connectivity index (χ1n) is 9.00. The van der Waals surface area contributed by atoms with Crippen molar-refractivity contribution in [2.24, 2.45) is 5.92 Å². The Morgan fingerprint density at radius 1 is 1.22 bits per heavy atom.